The molecule has 0 aromatic carbocycles. The number of esters is 2. The van der Waals surface area contributed by atoms with Crippen LogP contribution in [0.25, 0.3) is 0 Å². The van der Waals surface area contributed by atoms with E-state index in [2.05, 4.69) is 11.8 Å². The number of ether oxygens (including phenoxy) is 3. The van der Waals surface area contributed by atoms with Crippen LogP contribution in [0, 0.1) is 46.8 Å². The van der Waals surface area contributed by atoms with Crippen LogP contribution >= 0.6 is 0 Å². The summed E-state index contributed by atoms with van der Waals surface area (Å²) in [5.74, 6) is -7.17. The maximum absolute atomic E-state index is 13.5. The van der Waals surface area contributed by atoms with Crippen LogP contribution in [0.2, 0.25) is 0 Å². The predicted molar refractivity (Wildman–Crippen MR) is 174 cm³/mol. The highest BCUT2D eigenvalue weighted by molar-refractivity contribution is 5.78. The Morgan fingerprint density at radius 3 is 2.41 bits per heavy atom. The molecular weight excluding hydrogens is 634 g/mol. The summed E-state index contributed by atoms with van der Waals surface area (Å²) in [6, 6.07) is -0.218. The molecule has 0 radical (unpaired) electrons. The highest BCUT2D eigenvalue weighted by atomic mass is 16.7. The van der Waals surface area contributed by atoms with Crippen molar-refractivity contribution < 1.29 is 54.4 Å². The van der Waals surface area contributed by atoms with Gasteiger partial charge in [-0.05, 0) is 83.0 Å². The van der Waals surface area contributed by atoms with Crippen molar-refractivity contribution in [3.05, 3.63) is 0 Å². The lowest BCUT2D eigenvalue weighted by molar-refractivity contribution is -0.300. The predicted octanol–water partition coefficient (Wildman–Crippen LogP) is 1.49. The standard InChI is InChI=1S/C37H59NO11/c1-8-19(4)30(41)48-29-27(40)26-20(17-38-16-18(3)10-11-24(38)34(26,7)44)21-15-35-28(36(21,29)45)22(39)14-23-32(35,5)13-12-25(37(23,46)49-35)47-31(42)33(6,43)9-2/h18-29,39-40,43-46H,8-17H2,1-7H3/t18-,19?,20-,21-,22+,23?,24-,25-,26+,27+,28+,29-,32-,33?,34+,35?,36?,37-/m0/s1. The van der Waals surface area contributed by atoms with E-state index in [0.29, 0.717) is 25.3 Å². The maximum Gasteiger partial charge on any atom is 0.338 e. The molecule has 3 aliphatic heterocycles. The van der Waals surface area contributed by atoms with E-state index in [9.17, 15) is 40.2 Å². The summed E-state index contributed by atoms with van der Waals surface area (Å²) in [6.45, 7) is 13.8. The Kier molecular flexibility index (Phi) is 8.31. The van der Waals surface area contributed by atoms with Gasteiger partial charge in [-0.3, -0.25) is 9.69 Å². The van der Waals surface area contributed by atoms with Crippen LogP contribution in [0.5, 0.6) is 0 Å². The third kappa shape index (κ3) is 4.56. The Bertz CT molecular complexity index is 1360. The van der Waals surface area contributed by atoms with Crippen molar-refractivity contribution in [2.75, 3.05) is 13.1 Å². The smallest absolute Gasteiger partial charge is 0.338 e. The number of piperidine rings is 2. The number of nitrogens with zero attached hydrogens (tertiary/aromatic N) is 1. The summed E-state index contributed by atoms with van der Waals surface area (Å²) < 4.78 is 18.9. The summed E-state index contributed by atoms with van der Waals surface area (Å²) in [6.07, 6.45) is -2.06. The molecule has 7 rings (SSSR count). The van der Waals surface area contributed by atoms with Crippen molar-refractivity contribution >= 4 is 11.9 Å². The maximum atomic E-state index is 13.5. The molecule has 6 N–H and O–H groups in total. The first kappa shape index (κ1) is 36.0. The fourth-order valence-electron chi connectivity index (χ4n) is 12.5. The zero-order chi connectivity index (χ0) is 35.9. The van der Waals surface area contributed by atoms with E-state index in [-0.39, 0.29) is 31.7 Å². The highest BCUT2D eigenvalue weighted by Gasteiger charge is 2.87. The molecule has 278 valence electrons. The van der Waals surface area contributed by atoms with Crippen molar-refractivity contribution in [2.45, 2.75) is 158 Å². The highest BCUT2D eigenvalue weighted by Crippen LogP contribution is 2.77. The fraction of sp³-hybridized carbons (Fsp3) is 0.946. The molecule has 0 amide bonds. The monoisotopic (exact) mass is 693 g/mol. The molecule has 7 fully saturated rings. The molecule has 0 aromatic rings. The molecule has 3 heterocycles. The lowest BCUT2D eigenvalue weighted by atomic mass is 9.49. The van der Waals surface area contributed by atoms with Gasteiger partial charge in [0.1, 0.15) is 5.60 Å². The SMILES string of the molecule is CCC(C)C(=O)O[C@H]1[C@H](O)[C@H]2[C@@H](CN3C[C@@H](C)CC[C@H]3[C@@]2(C)O)[C@@H]2CC34O[C@@]5(O)C(C[C@@H](O)[C@H]3C21O)[C@]4(C)CC[C@@H]5OC(=O)C(C)(O)CC. The van der Waals surface area contributed by atoms with Crippen LogP contribution in [-0.2, 0) is 23.8 Å². The van der Waals surface area contributed by atoms with E-state index in [1.807, 2.05) is 13.8 Å². The summed E-state index contributed by atoms with van der Waals surface area (Å²) in [5, 5.41) is 73.4. The van der Waals surface area contributed by atoms with Gasteiger partial charge in [0.2, 0.25) is 5.79 Å². The second-order valence-electron chi connectivity index (χ2n) is 18.0. The molecule has 1 spiro atoms. The van der Waals surface area contributed by atoms with Crippen molar-refractivity contribution in [3.8, 4) is 0 Å². The van der Waals surface area contributed by atoms with E-state index in [1.54, 1.807) is 20.8 Å². The van der Waals surface area contributed by atoms with Gasteiger partial charge in [-0.15, -0.1) is 0 Å². The molecule has 18 atom stereocenters. The van der Waals surface area contributed by atoms with Crippen molar-refractivity contribution in [3.63, 3.8) is 0 Å². The molecule has 0 aromatic heterocycles. The molecular formula is C37H59NO11. The first-order chi connectivity index (χ1) is 22.7. The van der Waals surface area contributed by atoms with Gasteiger partial charge >= 0.3 is 11.9 Å². The van der Waals surface area contributed by atoms with Crippen LogP contribution in [0.1, 0.15) is 99.8 Å². The molecule has 4 saturated carbocycles. The number of fused-ring (bicyclic) bond motifs is 5. The minimum atomic E-state index is -2.02. The second kappa shape index (κ2) is 11.3. The summed E-state index contributed by atoms with van der Waals surface area (Å²) in [5.41, 5.74) is -7.23. The average Bonchev–Trinajstić information content (AvgIpc) is 3.31. The van der Waals surface area contributed by atoms with Crippen molar-refractivity contribution in [1.29, 1.82) is 0 Å². The zero-order valence-corrected chi connectivity index (χ0v) is 30.2. The molecule has 5 unspecified atom stereocenters. The van der Waals surface area contributed by atoms with Gasteiger partial charge in [0, 0.05) is 42.3 Å². The Morgan fingerprint density at radius 2 is 1.76 bits per heavy atom. The largest absolute Gasteiger partial charge is 0.456 e. The number of hydrogen-bond acceptors (Lipinski definition) is 12. The lowest BCUT2D eigenvalue weighted by Gasteiger charge is -2.64. The summed E-state index contributed by atoms with van der Waals surface area (Å²) in [4.78, 5) is 28.9. The first-order valence-electron chi connectivity index (χ1n) is 18.9. The number of carbonyl (C=O) groups excluding carboxylic acids is 2. The quantitative estimate of drug-likeness (QED) is 0.221. The number of rotatable bonds is 6. The molecule has 3 saturated heterocycles. The van der Waals surface area contributed by atoms with Crippen LogP contribution in [0.4, 0.5) is 0 Å². The zero-order valence-electron chi connectivity index (χ0n) is 30.2. The van der Waals surface area contributed by atoms with Crippen LogP contribution < -0.4 is 0 Å². The normalized spacial score (nSPS) is 54.8. The number of carbonyl (C=O) groups is 2. The van der Waals surface area contributed by atoms with Gasteiger partial charge in [0.05, 0.1) is 29.3 Å². The fourth-order valence-corrected chi connectivity index (χ4v) is 12.5. The first-order valence-corrected chi connectivity index (χ1v) is 18.9. The van der Waals surface area contributed by atoms with Gasteiger partial charge in [0.25, 0.3) is 0 Å². The minimum absolute atomic E-state index is 0.0202. The van der Waals surface area contributed by atoms with Gasteiger partial charge < -0.3 is 44.8 Å². The van der Waals surface area contributed by atoms with E-state index >= 15 is 0 Å². The molecule has 7 aliphatic rings. The number of aliphatic hydroxyl groups is 6. The van der Waals surface area contributed by atoms with Gasteiger partial charge in [-0.25, -0.2) is 4.79 Å². The van der Waals surface area contributed by atoms with Crippen molar-refractivity contribution in [2.24, 2.45) is 46.8 Å². The van der Waals surface area contributed by atoms with E-state index < -0.39 is 105 Å². The summed E-state index contributed by atoms with van der Waals surface area (Å²) >= 11 is 0. The third-order valence-electron chi connectivity index (χ3n) is 15.4. The van der Waals surface area contributed by atoms with Gasteiger partial charge in [-0.1, -0.05) is 34.6 Å². The van der Waals surface area contributed by atoms with Crippen molar-refractivity contribution in [1.82, 2.24) is 4.90 Å². The van der Waals surface area contributed by atoms with Crippen LogP contribution in [-0.4, -0.2) is 119 Å². The van der Waals surface area contributed by atoms with Gasteiger partial charge in [-0.2, -0.15) is 0 Å². The van der Waals surface area contributed by atoms with E-state index in [0.717, 1.165) is 19.4 Å². The molecule has 12 heteroatoms. The second-order valence-corrected chi connectivity index (χ2v) is 18.0. The van der Waals surface area contributed by atoms with Crippen LogP contribution in [0.3, 0.4) is 0 Å². The molecule has 49 heavy (non-hydrogen) atoms. The molecule has 4 bridgehead atoms. The molecule has 4 aliphatic carbocycles. The number of hydrogen-bond donors (Lipinski definition) is 6. The Labute approximate surface area is 289 Å². The van der Waals surface area contributed by atoms with Gasteiger partial charge in [0.15, 0.2) is 17.8 Å². The Hall–Kier alpha value is -1.38. The summed E-state index contributed by atoms with van der Waals surface area (Å²) in [7, 11) is 0. The third-order valence-corrected chi connectivity index (χ3v) is 15.4. The van der Waals surface area contributed by atoms with E-state index in [1.165, 1.54) is 6.92 Å². The minimum Gasteiger partial charge on any atom is -0.456 e. The van der Waals surface area contributed by atoms with Crippen LogP contribution in [0.15, 0.2) is 0 Å². The average molecular weight is 694 g/mol. The topological polar surface area (TPSA) is 186 Å². The Morgan fingerprint density at radius 1 is 1.06 bits per heavy atom. The molecule has 12 nitrogen and oxygen atoms in total. The number of aliphatic hydroxyl groups excluding tert-OH is 2. The lowest BCUT2D eigenvalue weighted by Crippen LogP contribution is -2.77. The Balaban J connectivity index is 1.35. The van der Waals surface area contributed by atoms with E-state index in [4.69, 9.17) is 14.2 Å².